The molecule has 1 aromatic carbocycles. The third kappa shape index (κ3) is 6.02. The highest BCUT2D eigenvalue weighted by Crippen LogP contribution is 2.22. The Morgan fingerprint density at radius 2 is 1.90 bits per heavy atom. The summed E-state index contributed by atoms with van der Waals surface area (Å²) in [6.45, 7) is 11.5. The molecule has 0 spiro atoms. The van der Waals surface area contributed by atoms with Crippen LogP contribution < -0.4 is 10.2 Å². The van der Waals surface area contributed by atoms with Crippen molar-refractivity contribution in [3.8, 4) is 0 Å². The number of rotatable bonds is 4. The van der Waals surface area contributed by atoms with Crippen LogP contribution in [-0.4, -0.2) is 53.7 Å². The number of aromatic nitrogens is 2. The molecular weight excluding hydrogens is 505 g/mol. The van der Waals surface area contributed by atoms with Gasteiger partial charge in [0.05, 0.1) is 5.69 Å². The summed E-state index contributed by atoms with van der Waals surface area (Å²) >= 11 is 0. The van der Waals surface area contributed by atoms with Gasteiger partial charge in [0, 0.05) is 44.2 Å². The summed E-state index contributed by atoms with van der Waals surface area (Å²) < 4.78 is 32.8. The predicted molar refractivity (Wildman–Crippen MR) is 123 cm³/mol. The van der Waals surface area contributed by atoms with Crippen LogP contribution in [0.15, 0.2) is 27.7 Å². The van der Waals surface area contributed by atoms with E-state index in [2.05, 4.69) is 25.3 Å². The van der Waals surface area contributed by atoms with Gasteiger partial charge in [0.1, 0.15) is 18.2 Å². The fraction of sp³-hybridized carbons (Fsp3) is 0.550. The molecule has 10 heteroatoms. The number of benzene rings is 1. The SMILES string of the molecule is CCNC(=NCc1noc(C(C)(C)C)n1)N1CCN(c2cc(F)ccc2F)CC1.I. The number of halogens is 3. The first-order valence-electron chi connectivity index (χ1n) is 9.84. The van der Waals surface area contributed by atoms with Gasteiger partial charge in [-0.3, -0.25) is 0 Å². The fourth-order valence-electron chi connectivity index (χ4n) is 3.08. The highest BCUT2D eigenvalue weighted by Gasteiger charge is 2.23. The van der Waals surface area contributed by atoms with Gasteiger partial charge in [0.15, 0.2) is 11.8 Å². The number of nitrogens with zero attached hydrogens (tertiary/aromatic N) is 5. The van der Waals surface area contributed by atoms with Crippen molar-refractivity contribution in [2.45, 2.75) is 39.7 Å². The van der Waals surface area contributed by atoms with Gasteiger partial charge < -0.3 is 19.6 Å². The smallest absolute Gasteiger partial charge is 0.232 e. The Balaban J connectivity index is 0.00000320. The molecule has 1 aromatic heterocycles. The third-order valence-electron chi connectivity index (χ3n) is 4.64. The number of anilines is 1. The van der Waals surface area contributed by atoms with Crippen LogP contribution in [0.25, 0.3) is 0 Å². The first-order valence-corrected chi connectivity index (χ1v) is 9.84. The molecular formula is C20H29F2IN6O. The second kappa shape index (κ2) is 10.4. The average Bonchev–Trinajstić information content (AvgIpc) is 3.17. The molecule has 0 aliphatic carbocycles. The quantitative estimate of drug-likeness (QED) is 0.368. The Morgan fingerprint density at radius 1 is 1.20 bits per heavy atom. The Kier molecular flexibility index (Phi) is 8.39. The van der Waals surface area contributed by atoms with Crippen LogP contribution in [0.4, 0.5) is 14.5 Å². The minimum atomic E-state index is -0.437. The van der Waals surface area contributed by atoms with Crippen LogP contribution in [0.1, 0.15) is 39.4 Å². The predicted octanol–water partition coefficient (Wildman–Crippen LogP) is 3.55. The van der Waals surface area contributed by atoms with E-state index < -0.39 is 11.6 Å². The van der Waals surface area contributed by atoms with Gasteiger partial charge in [-0.15, -0.1) is 24.0 Å². The number of piperazine rings is 1. The average molecular weight is 534 g/mol. The van der Waals surface area contributed by atoms with E-state index in [1.165, 1.54) is 12.1 Å². The zero-order valence-electron chi connectivity index (χ0n) is 17.8. The van der Waals surface area contributed by atoms with Gasteiger partial charge in [-0.1, -0.05) is 25.9 Å². The summed E-state index contributed by atoms with van der Waals surface area (Å²) in [5.74, 6) is 1.01. The maximum atomic E-state index is 14.0. The molecule has 7 nitrogen and oxygen atoms in total. The van der Waals surface area contributed by atoms with E-state index in [9.17, 15) is 8.78 Å². The summed E-state index contributed by atoms with van der Waals surface area (Å²) in [6, 6.07) is 3.54. The number of nitrogens with one attached hydrogen (secondary N) is 1. The molecule has 166 valence electrons. The third-order valence-corrected chi connectivity index (χ3v) is 4.64. The first kappa shape index (κ1) is 24.3. The highest BCUT2D eigenvalue weighted by molar-refractivity contribution is 14.0. The summed E-state index contributed by atoms with van der Waals surface area (Å²) in [6.07, 6.45) is 0. The summed E-state index contributed by atoms with van der Waals surface area (Å²) in [7, 11) is 0. The Hall–Kier alpha value is -1.98. The van der Waals surface area contributed by atoms with E-state index >= 15 is 0 Å². The molecule has 1 aliphatic heterocycles. The zero-order chi connectivity index (χ0) is 21.0. The second-order valence-corrected chi connectivity index (χ2v) is 8.01. The lowest BCUT2D eigenvalue weighted by Crippen LogP contribution is -2.52. The summed E-state index contributed by atoms with van der Waals surface area (Å²) in [5.41, 5.74) is 0.0928. The van der Waals surface area contributed by atoms with E-state index in [0.717, 1.165) is 18.6 Å². The number of aliphatic imine (C=N–C) groups is 1. The lowest BCUT2D eigenvalue weighted by Gasteiger charge is -2.37. The van der Waals surface area contributed by atoms with Gasteiger partial charge in [0.2, 0.25) is 5.89 Å². The molecule has 1 fully saturated rings. The van der Waals surface area contributed by atoms with E-state index in [-0.39, 0.29) is 29.4 Å². The van der Waals surface area contributed by atoms with Gasteiger partial charge in [-0.05, 0) is 19.1 Å². The fourth-order valence-corrected chi connectivity index (χ4v) is 3.08. The van der Waals surface area contributed by atoms with Crippen molar-refractivity contribution < 1.29 is 13.3 Å². The van der Waals surface area contributed by atoms with Gasteiger partial charge >= 0.3 is 0 Å². The molecule has 0 radical (unpaired) electrons. The lowest BCUT2D eigenvalue weighted by atomic mass is 9.97. The van der Waals surface area contributed by atoms with Gasteiger partial charge in [-0.25, -0.2) is 13.8 Å². The highest BCUT2D eigenvalue weighted by atomic mass is 127. The van der Waals surface area contributed by atoms with Crippen molar-refractivity contribution in [2.75, 3.05) is 37.6 Å². The topological polar surface area (TPSA) is 69.8 Å². The minimum absolute atomic E-state index is 0. The van der Waals surface area contributed by atoms with E-state index in [1.54, 1.807) is 0 Å². The van der Waals surface area contributed by atoms with Crippen molar-refractivity contribution in [2.24, 2.45) is 4.99 Å². The van der Waals surface area contributed by atoms with Crippen LogP contribution >= 0.6 is 24.0 Å². The molecule has 1 aliphatic rings. The van der Waals surface area contributed by atoms with Crippen molar-refractivity contribution >= 4 is 35.6 Å². The monoisotopic (exact) mass is 534 g/mol. The molecule has 2 aromatic rings. The number of hydrogen-bond donors (Lipinski definition) is 1. The maximum absolute atomic E-state index is 14.0. The van der Waals surface area contributed by atoms with Crippen molar-refractivity contribution in [1.29, 1.82) is 0 Å². The Labute approximate surface area is 192 Å². The number of guanidine groups is 1. The maximum Gasteiger partial charge on any atom is 0.232 e. The number of hydrogen-bond acceptors (Lipinski definition) is 5. The minimum Gasteiger partial charge on any atom is -0.366 e. The Bertz CT molecular complexity index is 859. The van der Waals surface area contributed by atoms with Crippen LogP contribution in [0, 0.1) is 11.6 Å². The van der Waals surface area contributed by atoms with Gasteiger partial charge in [-0.2, -0.15) is 4.98 Å². The molecule has 1 N–H and O–H groups in total. The van der Waals surface area contributed by atoms with Crippen molar-refractivity contribution in [3.63, 3.8) is 0 Å². The molecule has 0 amide bonds. The van der Waals surface area contributed by atoms with Crippen LogP contribution in [0.5, 0.6) is 0 Å². The molecule has 2 heterocycles. The van der Waals surface area contributed by atoms with Crippen molar-refractivity contribution in [1.82, 2.24) is 20.4 Å². The van der Waals surface area contributed by atoms with E-state index in [1.807, 2.05) is 32.6 Å². The molecule has 0 atom stereocenters. The van der Waals surface area contributed by atoms with Gasteiger partial charge in [0.25, 0.3) is 0 Å². The first-order chi connectivity index (χ1) is 13.8. The summed E-state index contributed by atoms with van der Waals surface area (Å²) in [4.78, 5) is 13.0. The van der Waals surface area contributed by atoms with E-state index in [0.29, 0.717) is 50.1 Å². The molecule has 1 saturated heterocycles. The normalized spacial score (nSPS) is 15.2. The summed E-state index contributed by atoms with van der Waals surface area (Å²) in [5, 5.41) is 7.28. The standard InChI is InChI=1S/C20H28F2N6O.HI/c1-5-23-19(24-13-17-25-18(29-26-17)20(2,3)4)28-10-8-27(9-11-28)16-12-14(21)6-7-15(16)22;/h6-7,12H,5,8-11,13H2,1-4H3,(H,23,24);1H. The van der Waals surface area contributed by atoms with Crippen LogP contribution in [-0.2, 0) is 12.0 Å². The molecule has 3 rings (SSSR count). The molecule has 0 bridgehead atoms. The zero-order valence-corrected chi connectivity index (χ0v) is 20.1. The molecule has 0 unspecified atom stereocenters. The molecule has 0 saturated carbocycles. The second-order valence-electron chi connectivity index (χ2n) is 8.01. The molecule has 30 heavy (non-hydrogen) atoms. The van der Waals surface area contributed by atoms with Crippen LogP contribution in [0.2, 0.25) is 0 Å². The largest absolute Gasteiger partial charge is 0.366 e. The Morgan fingerprint density at radius 3 is 2.50 bits per heavy atom. The van der Waals surface area contributed by atoms with Crippen molar-refractivity contribution in [3.05, 3.63) is 41.5 Å². The van der Waals surface area contributed by atoms with E-state index in [4.69, 9.17) is 4.52 Å². The lowest BCUT2D eigenvalue weighted by molar-refractivity contribution is 0.318. The van der Waals surface area contributed by atoms with Crippen LogP contribution in [0.3, 0.4) is 0 Å².